The molecule has 3 heteroatoms. The van der Waals surface area contributed by atoms with Crippen LogP contribution in [0.5, 0.6) is 0 Å². The van der Waals surface area contributed by atoms with Crippen molar-refractivity contribution in [1.29, 1.82) is 0 Å². The van der Waals surface area contributed by atoms with Gasteiger partial charge in [-0.2, -0.15) is 0 Å². The van der Waals surface area contributed by atoms with Crippen molar-refractivity contribution < 1.29 is 8.78 Å². The van der Waals surface area contributed by atoms with Gasteiger partial charge in [0.2, 0.25) is 0 Å². The molecule has 0 amide bonds. The summed E-state index contributed by atoms with van der Waals surface area (Å²) >= 11 is 0. The lowest BCUT2D eigenvalue weighted by molar-refractivity contribution is 0.356. The summed E-state index contributed by atoms with van der Waals surface area (Å²) in [6.45, 7) is 4.22. The fraction of sp³-hybridized carbons (Fsp3) is 0.333. The summed E-state index contributed by atoms with van der Waals surface area (Å²) in [5.74, 6) is -0.456. The minimum atomic E-state index is -0.235. The molecule has 0 heterocycles. The second-order valence-corrected chi connectivity index (χ2v) is 5.90. The van der Waals surface area contributed by atoms with Crippen LogP contribution < -0.4 is 5.32 Å². The maximum absolute atomic E-state index is 13.3. The van der Waals surface area contributed by atoms with E-state index >= 15 is 0 Å². The Morgan fingerprint density at radius 2 is 1.67 bits per heavy atom. The van der Waals surface area contributed by atoms with Crippen molar-refractivity contribution in [2.75, 3.05) is 7.05 Å². The van der Waals surface area contributed by atoms with E-state index in [-0.39, 0.29) is 23.1 Å². The zero-order chi connectivity index (χ0) is 15.5. The zero-order valence-electron chi connectivity index (χ0n) is 12.7. The summed E-state index contributed by atoms with van der Waals surface area (Å²) in [7, 11) is 1.90. The summed E-state index contributed by atoms with van der Waals surface area (Å²) in [6.07, 6.45) is 0.707. The van der Waals surface area contributed by atoms with Crippen molar-refractivity contribution in [1.82, 2.24) is 5.32 Å². The number of halogens is 2. The number of nitrogens with one attached hydrogen (secondary N) is 1. The Hall–Kier alpha value is -1.74. The van der Waals surface area contributed by atoms with Crippen LogP contribution in [0.2, 0.25) is 0 Å². The highest BCUT2D eigenvalue weighted by atomic mass is 19.1. The molecule has 112 valence electrons. The summed E-state index contributed by atoms with van der Waals surface area (Å²) < 4.78 is 26.4. The SMILES string of the molecule is CNC(Cc1cccc(F)c1)C(C)(C)c1ccc(F)cc1. The van der Waals surface area contributed by atoms with Crippen LogP contribution in [0.4, 0.5) is 8.78 Å². The van der Waals surface area contributed by atoms with Crippen LogP contribution in [0.25, 0.3) is 0 Å². The minimum absolute atomic E-state index is 0.116. The highest BCUT2D eigenvalue weighted by molar-refractivity contribution is 5.28. The Bertz CT molecular complexity index is 590. The second-order valence-electron chi connectivity index (χ2n) is 5.90. The minimum Gasteiger partial charge on any atom is -0.316 e. The van der Waals surface area contributed by atoms with Crippen molar-refractivity contribution >= 4 is 0 Å². The van der Waals surface area contributed by atoms with Crippen LogP contribution in [0.15, 0.2) is 48.5 Å². The average molecular weight is 289 g/mol. The summed E-state index contributed by atoms with van der Waals surface area (Å²) in [6, 6.07) is 13.4. The van der Waals surface area contributed by atoms with Crippen LogP contribution in [-0.2, 0) is 11.8 Å². The first-order valence-corrected chi connectivity index (χ1v) is 7.11. The molecule has 1 nitrogen and oxygen atoms in total. The van der Waals surface area contributed by atoms with Crippen molar-refractivity contribution in [3.05, 3.63) is 71.3 Å². The van der Waals surface area contributed by atoms with Gasteiger partial charge in [-0.3, -0.25) is 0 Å². The van der Waals surface area contributed by atoms with Gasteiger partial charge in [0.15, 0.2) is 0 Å². The third-order valence-corrected chi connectivity index (χ3v) is 4.14. The van der Waals surface area contributed by atoms with Crippen LogP contribution in [0.1, 0.15) is 25.0 Å². The number of benzene rings is 2. The first-order valence-electron chi connectivity index (χ1n) is 7.11. The lowest BCUT2D eigenvalue weighted by Gasteiger charge is -2.35. The predicted molar refractivity (Wildman–Crippen MR) is 82.4 cm³/mol. The standard InChI is InChI=1S/C18H21F2N/c1-18(2,14-7-9-15(19)10-8-14)17(21-3)12-13-5-4-6-16(20)11-13/h4-11,17,21H,12H2,1-3H3. The van der Waals surface area contributed by atoms with E-state index < -0.39 is 0 Å². The number of hydrogen-bond donors (Lipinski definition) is 1. The van der Waals surface area contributed by atoms with E-state index in [1.54, 1.807) is 12.1 Å². The van der Waals surface area contributed by atoms with E-state index in [0.29, 0.717) is 6.42 Å². The van der Waals surface area contributed by atoms with Gasteiger partial charge in [0.1, 0.15) is 11.6 Å². The largest absolute Gasteiger partial charge is 0.316 e. The monoisotopic (exact) mass is 289 g/mol. The van der Waals surface area contributed by atoms with E-state index in [1.165, 1.54) is 18.2 Å². The molecule has 0 spiro atoms. The quantitative estimate of drug-likeness (QED) is 0.875. The molecule has 0 aromatic heterocycles. The molecule has 2 rings (SSSR count). The zero-order valence-corrected chi connectivity index (χ0v) is 12.7. The highest BCUT2D eigenvalue weighted by Crippen LogP contribution is 2.29. The van der Waals surface area contributed by atoms with E-state index in [9.17, 15) is 8.78 Å². The predicted octanol–water partition coefficient (Wildman–Crippen LogP) is 4.07. The van der Waals surface area contributed by atoms with E-state index in [4.69, 9.17) is 0 Å². The van der Waals surface area contributed by atoms with Gasteiger partial charge in [0, 0.05) is 11.5 Å². The summed E-state index contributed by atoms with van der Waals surface area (Å²) in [5, 5.41) is 3.31. The van der Waals surface area contributed by atoms with Crippen LogP contribution >= 0.6 is 0 Å². The maximum Gasteiger partial charge on any atom is 0.123 e. The Morgan fingerprint density at radius 1 is 1.00 bits per heavy atom. The number of hydrogen-bond acceptors (Lipinski definition) is 1. The smallest absolute Gasteiger partial charge is 0.123 e. The van der Waals surface area contributed by atoms with Crippen molar-refractivity contribution in [3.8, 4) is 0 Å². The van der Waals surface area contributed by atoms with E-state index in [1.807, 2.05) is 25.2 Å². The maximum atomic E-state index is 13.3. The van der Waals surface area contributed by atoms with Crippen molar-refractivity contribution in [2.45, 2.75) is 31.7 Å². The molecule has 2 aromatic rings. The molecule has 1 unspecified atom stereocenters. The molecule has 0 aliphatic rings. The van der Waals surface area contributed by atoms with Gasteiger partial charge < -0.3 is 5.32 Å². The van der Waals surface area contributed by atoms with Crippen molar-refractivity contribution in [2.24, 2.45) is 0 Å². The second kappa shape index (κ2) is 6.35. The number of rotatable bonds is 5. The molecule has 0 saturated carbocycles. The molecule has 0 radical (unpaired) electrons. The van der Waals surface area contributed by atoms with Gasteiger partial charge in [0.05, 0.1) is 0 Å². The molecule has 0 aliphatic carbocycles. The normalized spacial score (nSPS) is 13.2. The third kappa shape index (κ3) is 3.67. The molecular weight excluding hydrogens is 268 g/mol. The van der Waals surface area contributed by atoms with Gasteiger partial charge in [-0.15, -0.1) is 0 Å². The third-order valence-electron chi connectivity index (χ3n) is 4.14. The molecule has 0 saturated heterocycles. The summed E-state index contributed by atoms with van der Waals surface area (Å²) in [5.41, 5.74) is 1.80. The van der Waals surface area contributed by atoms with Gasteiger partial charge >= 0.3 is 0 Å². The lowest BCUT2D eigenvalue weighted by atomic mass is 9.75. The van der Waals surface area contributed by atoms with Gasteiger partial charge in [-0.05, 0) is 48.9 Å². The van der Waals surface area contributed by atoms with Gasteiger partial charge in [-0.25, -0.2) is 8.78 Å². The van der Waals surface area contributed by atoms with Gasteiger partial charge in [-0.1, -0.05) is 38.1 Å². The highest BCUT2D eigenvalue weighted by Gasteiger charge is 2.30. The Morgan fingerprint density at radius 3 is 2.24 bits per heavy atom. The van der Waals surface area contributed by atoms with E-state index in [0.717, 1.165) is 11.1 Å². The first kappa shape index (κ1) is 15.6. The molecular formula is C18H21F2N. The molecule has 0 fully saturated rings. The van der Waals surface area contributed by atoms with Gasteiger partial charge in [0.25, 0.3) is 0 Å². The topological polar surface area (TPSA) is 12.0 Å². The van der Waals surface area contributed by atoms with Crippen LogP contribution in [0.3, 0.4) is 0 Å². The molecule has 0 aliphatic heterocycles. The van der Waals surface area contributed by atoms with Crippen LogP contribution in [-0.4, -0.2) is 13.1 Å². The Labute approximate surface area is 125 Å². The molecule has 1 N–H and O–H groups in total. The Balaban J connectivity index is 2.24. The average Bonchev–Trinajstić information content (AvgIpc) is 2.45. The first-order chi connectivity index (χ1) is 9.93. The van der Waals surface area contributed by atoms with Crippen LogP contribution in [0, 0.1) is 11.6 Å². The lowest BCUT2D eigenvalue weighted by Crippen LogP contribution is -2.44. The molecule has 1 atom stereocenters. The summed E-state index contributed by atoms with van der Waals surface area (Å²) in [4.78, 5) is 0. The molecule has 21 heavy (non-hydrogen) atoms. The van der Waals surface area contributed by atoms with E-state index in [2.05, 4.69) is 19.2 Å². The molecule has 0 bridgehead atoms. The fourth-order valence-electron chi connectivity index (χ4n) is 2.70. The Kier molecular flexibility index (Phi) is 4.73. The van der Waals surface area contributed by atoms with Crippen molar-refractivity contribution in [3.63, 3.8) is 0 Å². The molecule has 2 aromatic carbocycles. The fourth-order valence-corrected chi connectivity index (χ4v) is 2.70. The number of likely N-dealkylation sites (N-methyl/N-ethyl adjacent to an activating group) is 1.